The first-order valence-electron chi connectivity index (χ1n) is 8.10. The molecule has 2 aromatic carbocycles. The number of nitrogens with one attached hydrogen (secondary N) is 1. The average molecular weight is 348 g/mol. The van der Waals surface area contributed by atoms with E-state index in [-0.39, 0.29) is 6.04 Å². The molecule has 0 radical (unpaired) electrons. The van der Waals surface area contributed by atoms with Crippen LogP contribution in [0.1, 0.15) is 11.1 Å². The molecular weight excluding hydrogens is 326 g/mol. The van der Waals surface area contributed by atoms with Gasteiger partial charge in [0.05, 0.1) is 11.6 Å². The van der Waals surface area contributed by atoms with Crippen LogP contribution in [0.2, 0.25) is 5.02 Å². The smallest absolute Gasteiger partial charge is 0.179 e. The second kappa shape index (κ2) is 8.38. The van der Waals surface area contributed by atoms with E-state index in [4.69, 9.17) is 25.8 Å². The predicted octanol–water partition coefficient (Wildman–Crippen LogP) is 3.46. The Morgan fingerprint density at radius 1 is 1.12 bits per heavy atom. The van der Waals surface area contributed by atoms with E-state index in [9.17, 15) is 0 Å². The molecular formula is C19H22ClNO3. The zero-order valence-electron chi connectivity index (χ0n) is 13.8. The number of hydrogen-bond acceptors (Lipinski definition) is 4. The lowest BCUT2D eigenvalue weighted by Gasteiger charge is -2.22. The number of halogens is 1. The minimum absolute atomic E-state index is 0.226. The topological polar surface area (TPSA) is 39.7 Å². The predicted molar refractivity (Wildman–Crippen MR) is 95.1 cm³/mol. The molecule has 0 aromatic heterocycles. The summed E-state index contributed by atoms with van der Waals surface area (Å²) in [4.78, 5) is 0. The fourth-order valence-electron chi connectivity index (χ4n) is 2.82. The van der Waals surface area contributed by atoms with Gasteiger partial charge in [-0.25, -0.2) is 0 Å². The second-order valence-corrected chi connectivity index (χ2v) is 6.23. The summed E-state index contributed by atoms with van der Waals surface area (Å²) < 4.78 is 16.5. The van der Waals surface area contributed by atoms with Crippen LogP contribution in [-0.4, -0.2) is 33.0 Å². The molecule has 0 unspecified atom stereocenters. The van der Waals surface area contributed by atoms with E-state index in [0.29, 0.717) is 37.1 Å². The molecule has 0 fully saturated rings. The van der Waals surface area contributed by atoms with Crippen molar-refractivity contribution in [2.24, 2.45) is 0 Å². The van der Waals surface area contributed by atoms with Gasteiger partial charge in [0, 0.05) is 19.7 Å². The fourth-order valence-corrected chi connectivity index (χ4v) is 3.11. The van der Waals surface area contributed by atoms with Gasteiger partial charge in [-0.3, -0.25) is 0 Å². The maximum absolute atomic E-state index is 6.30. The van der Waals surface area contributed by atoms with Crippen LogP contribution in [0.5, 0.6) is 11.5 Å². The van der Waals surface area contributed by atoms with Gasteiger partial charge in [0.25, 0.3) is 0 Å². The molecule has 0 aliphatic carbocycles. The van der Waals surface area contributed by atoms with Gasteiger partial charge in [0.2, 0.25) is 0 Å². The first-order chi connectivity index (χ1) is 11.8. The first kappa shape index (κ1) is 17.1. The van der Waals surface area contributed by atoms with Crippen LogP contribution in [0, 0.1) is 0 Å². The van der Waals surface area contributed by atoms with Gasteiger partial charge in [-0.05, 0) is 29.7 Å². The Morgan fingerprint density at radius 2 is 1.92 bits per heavy atom. The van der Waals surface area contributed by atoms with E-state index in [1.165, 1.54) is 5.56 Å². The van der Waals surface area contributed by atoms with Crippen LogP contribution in [0.15, 0.2) is 42.5 Å². The maximum atomic E-state index is 6.30. The molecule has 0 saturated heterocycles. The van der Waals surface area contributed by atoms with Gasteiger partial charge in [-0.1, -0.05) is 41.9 Å². The van der Waals surface area contributed by atoms with Gasteiger partial charge in [-0.15, -0.1) is 0 Å². The highest BCUT2D eigenvalue weighted by Gasteiger charge is 2.17. The highest BCUT2D eigenvalue weighted by molar-refractivity contribution is 6.32. The monoisotopic (exact) mass is 347 g/mol. The number of rotatable bonds is 7. The van der Waals surface area contributed by atoms with E-state index >= 15 is 0 Å². The second-order valence-electron chi connectivity index (χ2n) is 5.82. The summed E-state index contributed by atoms with van der Waals surface area (Å²) in [6, 6.07) is 14.5. The minimum atomic E-state index is 0.226. The summed E-state index contributed by atoms with van der Waals surface area (Å²) in [6.45, 7) is 2.43. The Morgan fingerprint density at radius 3 is 2.71 bits per heavy atom. The van der Waals surface area contributed by atoms with Crippen molar-refractivity contribution in [3.63, 3.8) is 0 Å². The standard InChI is InChI=1S/C19H22ClNO3/c1-22-13-16(9-14-5-3-2-4-6-14)21-12-15-10-17(20)19-18(11-15)23-7-8-24-19/h2-6,10-11,16,21H,7-9,12-13H2,1H3/t16-/m1/s1. The minimum Gasteiger partial charge on any atom is -0.486 e. The Bertz CT molecular complexity index is 663. The number of fused-ring (bicyclic) bond motifs is 1. The van der Waals surface area contributed by atoms with E-state index < -0.39 is 0 Å². The summed E-state index contributed by atoms with van der Waals surface area (Å²) in [5, 5.41) is 4.13. The van der Waals surface area contributed by atoms with Crippen LogP contribution in [-0.2, 0) is 17.7 Å². The molecule has 0 amide bonds. The highest BCUT2D eigenvalue weighted by Crippen LogP contribution is 2.38. The lowest BCUT2D eigenvalue weighted by molar-refractivity contribution is 0.165. The molecule has 0 bridgehead atoms. The van der Waals surface area contributed by atoms with Crippen molar-refractivity contribution in [3.05, 3.63) is 58.6 Å². The quantitative estimate of drug-likeness (QED) is 0.832. The molecule has 3 rings (SSSR count). The first-order valence-corrected chi connectivity index (χ1v) is 8.48. The van der Waals surface area contributed by atoms with E-state index in [1.54, 1.807) is 7.11 Å². The van der Waals surface area contributed by atoms with Crippen LogP contribution in [0.3, 0.4) is 0 Å². The van der Waals surface area contributed by atoms with E-state index in [2.05, 4.69) is 29.6 Å². The Labute approximate surface area is 147 Å². The molecule has 2 aromatic rings. The number of ether oxygens (including phenoxy) is 3. The molecule has 0 saturated carbocycles. The lowest BCUT2D eigenvalue weighted by Crippen LogP contribution is -2.34. The molecule has 128 valence electrons. The van der Waals surface area contributed by atoms with Crippen molar-refractivity contribution in [2.75, 3.05) is 26.9 Å². The Hall–Kier alpha value is -1.75. The van der Waals surface area contributed by atoms with Crippen molar-refractivity contribution in [1.29, 1.82) is 0 Å². The molecule has 1 heterocycles. The molecule has 1 aliphatic rings. The zero-order valence-corrected chi connectivity index (χ0v) is 14.5. The third-order valence-electron chi connectivity index (χ3n) is 3.94. The van der Waals surface area contributed by atoms with E-state index in [1.807, 2.05) is 18.2 Å². The van der Waals surface area contributed by atoms with Gasteiger partial charge >= 0.3 is 0 Å². The van der Waals surface area contributed by atoms with E-state index in [0.717, 1.165) is 17.7 Å². The summed E-state index contributed by atoms with van der Waals surface area (Å²) in [7, 11) is 1.72. The number of hydrogen-bond donors (Lipinski definition) is 1. The van der Waals surface area contributed by atoms with Gasteiger partial charge < -0.3 is 19.5 Å². The summed E-state index contributed by atoms with van der Waals surface area (Å²) in [5.74, 6) is 1.36. The molecule has 0 spiro atoms. The Kier molecular flexibility index (Phi) is 5.96. The zero-order chi connectivity index (χ0) is 16.8. The fraction of sp³-hybridized carbons (Fsp3) is 0.368. The number of benzene rings is 2. The third-order valence-corrected chi connectivity index (χ3v) is 4.23. The van der Waals surface area contributed by atoms with Crippen LogP contribution in [0.25, 0.3) is 0 Å². The highest BCUT2D eigenvalue weighted by atomic mass is 35.5. The number of methoxy groups -OCH3 is 1. The normalized spacial score (nSPS) is 14.4. The van der Waals surface area contributed by atoms with Crippen LogP contribution in [0.4, 0.5) is 0 Å². The summed E-state index contributed by atoms with van der Waals surface area (Å²) in [6.07, 6.45) is 0.910. The van der Waals surface area contributed by atoms with Crippen molar-refractivity contribution in [2.45, 2.75) is 19.0 Å². The van der Waals surface area contributed by atoms with Gasteiger partial charge in [0.15, 0.2) is 11.5 Å². The maximum Gasteiger partial charge on any atom is 0.179 e. The molecule has 1 atom stereocenters. The average Bonchev–Trinajstić information content (AvgIpc) is 2.61. The summed E-state index contributed by atoms with van der Waals surface area (Å²) >= 11 is 6.30. The molecule has 4 nitrogen and oxygen atoms in total. The van der Waals surface area contributed by atoms with Crippen LogP contribution < -0.4 is 14.8 Å². The molecule has 1 N–H and O–H groups in total. The SMILES string of the molecule is COC[C@@H](Cc1ccccc1)NCc1cc(Cl)c2c(c1)OCCO2. The summed E-state index contributed by atoms with van der Waals surface area (Å²) in [5.41, 5.74) is 2.35. The van der Waals surface area contributed by atoms with Crippen molar-refractivity contribution >= 4 is 11.6 Å². The molecule has 1 aliphatic heterocycles. The van der Waals surface area contributed by atoms with Crippen molar-refractivity contribution in [3.8, 4) is 11.5 Å². The van der Waals surface area contributed by atoms with Gasteiger partial charge in [-0.2, -0.15) is 0 Å². The van der Waals surface area contributed by atoms with Crippen molar-refractivity contribution in [1.82, 2.24) is 5.32 Å². The third kappa shape index (κ3) is 4.41. The Balaban J connectivity index is 1.65. The largest absolute Gasteiger partial charge is 0.486 e. The molecule has 24 heavy (non-hydrogen) atoms. The van der Waals surface area contributed by atoms with Crippen molar-refractivity contribution < 1.29 is 14.2 Å². The van der Waals surface area contributed by atoms with Gasteiger partial charge in [0.1, 0.15) is 13.2 Å². The van der Waals surface area contributed by atoms with Crippen LogP contribution >= 0.6 is 11.6 Å². The molecule has 5 heteroatoms. The lowest BCUT2D eigenvalue weighted by atomic mass is 10.1.